The number of nitrogens with zero attached hydrogens (tertiary/aromatic N) is 2. The molecule has 4 fully saturated rings. The second-order valence-corrected chi connectivity index (χ2v) is 9.52. The number of hydrogen-bond acceptors (Lipinski definition) is 8. The number of hydrogen-bond donors (Lipinski definition) is 1. The number of phenolic OH excluding ortho intramolecular Hbond substituents is 1. The molecule has 5 atom stereocenters. The summed E-state index contributed by atoms with van der Waals surface area (Å²) in [4.78, 5) is 4.70. The number of piperazine rings is 1. The lowest BCUT2D eigenvalue weighted by molar-refractivity contribution is -0.236. The Morgan fingerprint density at radius 2 is 1.57 bits per heavy atom. The topological polar surface area (TPSA) is 72.9 Å². The standard InChI is InChI=1S/C22H32N2O6/c1-21(2)27-17-16(26-20-19(18(17)28-21)29-22(3,4)30-20)13-23-8-10-24(11-9-23)14-6-5-7-15(25)12-14/h5-7,12,16-20,25H,8-11,13H2,1-4H3/t16-,17+,18+,19-,20-/m1/s1. The Morgan fingerprint density at radius 3 is 2.30 bits per heavy atom. The van der Waals surface area contributed by atoms with E-state index >= 15 is 0 Å². The third-order valence-corrected chi connectivity index (χ3v) is 6.26. The minimum Gasteiger partial charge on any atom is -0.508 e. The third-order valence-electron chi connectivity index (χ3n) is 6.26. The van der Waals surface area contributed by atoms with Crippen LogP contribution < -0.4 is 4.90 Å². The minimum absolute atomic E-state index is 0.150. The summed E-state index contributed by atoms with van der Waals surface area (Å²) in [5, 5.41) is 9.75. The number of ether oxygens (including phenoxy) is 5. The Hall–Kier alpha value is -1.42. The zero-order valence-electron chi connectivity index (χ0n) is 18.1. The van der Waals surface area contributed by atoms with E-state index < -0.39 is 17.9 Å². The Morgan fingerprint density at radius 1 is 0.900 bits per heavy atom. The van der Waals surface area contributed by atoms with Crippen LogP contribution in [0.3, 0.4) is 0 Å². The van der Waals surface area contributed by atoms with Crippen LogP contribution in [0.2, 0.25) is 0 Å². The molecule has 8 heteroatoms. The molecule has 0 spiro atoms. The average Bonchev–Trinajstić information content (AvgIpc) is 3.17. The van der Waals surface area contributed by atoms with Crippen molar-refractivity contribution in [2.45, 2.75) is 70.0 Å². The van der Waals surface area contributed by atoms with E-state index in [0.717, 1.165) is 38.4 Å². The maximum Gasteiger partial charge on any atom is 0.190 e. The highest BCUT2D eigenvalue weighted by molar-refractivity contribution is 5.50. The average molecular weight is 421 g/mol. The fourth-order valence-electron chi connectivity index (χ4n) is 4.97. The molecule has 166 valence electrons. The largest absolute Gasteiger partial charge is 0.508 e. The lowest BCUT2D eigenvalue weighted by Gasteiger charge is -2.42. The van der Waals surface area contributed by atoms with Crippen molar-refractivity contribution in [1.29, 1.82) is 0 Å². The fraction of sp³-hybridized carbons (Fsp3) is 0.727. The van der Waals surface area contributed by atoms with E-state index in [-0.39, 0.29) is 24.4 Å². The number of aromatic hydroxyl groups is 1. The van der Waals surface area contributed by atoms with Crippen molar-refractivity contribution >= 4 is 5.69 Å². The molecule has 0 radical (unpaired) electrons. The van der Waals surface area contributed by atoms with E-state index in [1.807, 2.05) is 45.9 Å². The van der Waals surface area contributed by atoms with E-state index in [4.69, 9.17) is 23.7 Å². The van der Waals surface area contributed by atoms with Gasteiger partial charge >= 0.3 is 0 Å². The molecule has 30 heavy (non-hydrogen) atoms. The predicted octanol–water partition coefficient (Wildman–Crippen LogP) is 1.91. The number of phenols is 1. The van der Waals surface area contributed by atoms with Crippen LogP contribution in [0, 0.1) is 0 Å². The Bertz CT molecular complexity index is 779. The first-order valence-corrected chi connectivity index (χ1v) is 10.8. The lowest BCUT2D eigenvalue weighted by Crippen LogP contribution is -2.59. The van der Waals surface area contributed by atoms with Gasteiger partial charge in [0, 0.05) is 44.5 Å². The van der Waals surface area contributed by atoms with Crippen LogP contribution in [0.5, 0.6) is 5.75 Å². The molecule has 4 aliphatic rings. The highest BCUT2D eigenvalue weighted by Crippen LogP contribution is 2.44. The van der Waals surface area contributed by atoms with E-state index in [2.05, 4.69) is 9.80 Å². The van der Waals surface area contributed by atoms with Gasteiger partial charge in [0.15, 0.2) is 17.9 Å². The van der Waals surface area contributed by atoms with Gasteiger partial charge in [-0.25, -0.2) is 0 Å². The zero-order valence-corrected chi connectivity index (χ0v) is 18.1. The van der Waals surface area contributed by atoms with Crippen LogP contribution in [0.25, 0.3) is 0 Å². The smallest absolute Gasteiger partial charge is 0.190 e. The predicted molar refractivity (Wildman–Crippen MR) is 109 cm³/mol. The molecule has 0 unspecified atom stereocenters. The van der Waals surface area contributed by atoms with E-state index in [1.165, 1.54) is 0 Å². The van der Waals surface area contributed by atoms with Crippen LogP contribution >= 0.6 is 0 Å². The van der Waals surface area contributed by atoms with Gasteiger partial charge in [-0.3, -0.25) is 4.90 Å². The summed E-state index contributed by atoms with van der Waals surface area (Å²) in [5.74, 6) is -1.07. The van der Waals surface area contributed by atoms with Gasteiger partial charge in [0.2, 0.25) is 0 Å². The first kappa shape index (κ1) is 20.5. The molecule has 1 N–H and O–H groups in total. The van der Waals surface area contributed by atoms with E-state index in [9.17, 15) is 5.11 Å². The molecule has 0 aliphatic carbocycles. The number of anilines is 1. The van der Waals surface area contributed by atoms with Crippen LogP contribution in [-0.2, 0) is 23.7 Å². The molecule has 1 aromatic carbocycles. The van der Waals surface area contributed by atoms with Crippen LogP contribution in [0.15, 0.2) is 24.3 Å². The molecule has 0 bridgehead atoms. The van der Waals surface area contributed by atoms with Crippen LogP contribution in [0.1, 0.15) is 27.7 Å². The molecule has 8 nitrogen and oxygen atoms in total. The first-order valence-electron chi connectivity index (χ1n) is 10.8. The van der Waals surface area contributed by atoms with Crippen molar-refractivity contribution in [3.05, 3.63) is 24.3 Å². The van der Waals surface area contributed by atoms with Gasteiger partial charge in [0.25, 0.3) is 0 Å². The highest BCUT2D eigenvalue weighted by Gasteiger charge is 2.60. The fourth-order valence-corrected chi connectivity index (χ4v) is 4.97. The third kappa shape index (κ3) is 3.92. The summed E-state index contributed by atoms with van der Waals surface area (Å²) in [6.45, 7) is 12.0. The summed E-state index contributed by atoms with van der Waals surface area (Å²) in [6.07, 6.45) is -1.28. The summed E-state index contributed by atoms with van der Waals surface area (Å²) in [7, 11) is 0. The van der Waals surface area contributed by atoms with Crippen molar-refractivity contribution in [3.63, 3.8) is 0 Å². The van der Waals surface area contributed by atoms with Gasteiger partial charge < -0.3 is 33.7 Å². The number of benzene rings is 1. The van der Waals surface area contributed by atoms with Crippen molar-refractivity contribution < 1.29 is 28.8 Å². The van der Waals surface area contributed by atoms with Crippen LogP contribution in [-0.4, -0.2) is 85.0 Å². The molecular formula is C22H32N2O6. The van der Waals surface area contributed by atoms with Gasteiger partial charge in [0.1, 0.15) is 30.2 Å². The molecule has 4 aliphatic heterocycles. The second kappa shape index (κ2) is 7.32. The summed E-state index contributed by atoms with van der Waals surface area (Å²) < 4.78 is 30.9. The second-order valence-electron chi connectivity index (χ2n) is 9.52. The van der Waals surface area contributed by atoms with E-state index in [0.29, 0.717) is 5.75 Å². The summed E-state index contributed by atoms with van der Waals surface area (Å²) >= 11 is 0. The minimum atomic E-state index is -0.697. The molecule has 0 amide bonds. The normalized spacial score (nSPS) is 37.7. The van der Waals surface area contributed by atoms with Gasteiger partial charge in [0.05, 0.1) is 0 Å². The van der Waals surface area contributed by atoms with Gasteiger partial charge in [-0.15, -0.1) is 0 Å². The molecule has 4 heterocycles. The molecule has 4 saturated heterocycles. The van der Waals surface area contributed by atoms with E-state index in [1.54, 1.807) is 6.07 Å². The van der Waals surface area contributed by atoms with Gasteiger partial charge in [-0.1, -0.05) is 6.07 Å². The number of rotatable bonds is 3. The number of fused-ring (bicyclic) bond motifs is 3. The molecule has 0 aromatic heterocycles. The zero-order chi connectivity index (χ0) is 21.1. The summed E-state index contributed by atoms with van der Waals surface area (Å²) in [6, 6.07) is 7.43. The molecule has 1 aromatic rings. The van der Waals surface area contributed by atoms with Crippen LogP contribution in [0.4, 0.5) is 5.69 Å². The molecule has 5 rings (SSSR count). The van der Waals surface area contributed by atoms with Crippen molar-refractivity contribution in [2.24, 2.45) is 0 Å². The quantitative estimate of drug-likeness (QED) is 0.795. The maximum atomic E-state index is 9.75. The molecule has 0 saturated carbocycles. The van der Waals surface area contributed by atoms with Crippen molar-refractivity contribution in [3.8, 4) is 5.75 Å². The molecular weight excluding hydrogens is 388 g/mol. The lowest BCUT2D eigenvalue weighted by atomic mass is 9.98. The van der Waals surface area contributed by atoms with Gasteiger partial charge in [-0.2, -0.15) is 0 Å². The maximum absolute atomic E-state index is 9.75. The van der Waals surface area contributed by atoms with Crippen molar-refractivity contribution in [2.75, 3.05) is 37.6 Å². The SMILES string of the molecule is CC1(C)O[C@H]2[C@@H](O1)[C@@H](CN1CCN(c3cccc(O)c3)CC1)O[C@@H]1OC(C)(C)O[C@@H]12. The highest BCUT2D eigenvalue weighted by atomic mass is 16.9. The Labute approximate surface area is 177 Å². The monoisotopic (exact) mass is 420 g/mol. The Kier molecular flexibility index (Phi) is 5.00. The first-order chi connectivity index (χ1) is 14.2. The van der Waals surface area contributed by atoms with Gasteiger partial charge in [-0.05, 0) is 39.8 Å². The summed E-state index contributed by atoms with van der Waals surface area (Å²) in [5.41, 5.74) is 1.06. The Balaban J connectivity index is 1.25. The van der Waals surface area contributed by atoms with Crippen molar-refractivity contribution in [1.82, 2.24) is 4.90 Å².